The van der Waals surface area contributed by atoms with Gasteiger partial charge in [0.2, 0.25) is 0 Å². The van der Waals surface area contributed by atoms with Gasteiger partial charge in [-0.25, -0.2) is 0 Å². The van der Waals surface area contributed by atoms with Crippen molar-refractivity contribution < 1.29 is 9.59 Å². The second-order valence-corrected chi connectivity index (χ2v) is 6.90. The van der Waals surface area contributed by atoms with Crippen LogP contribution in [0.5, 0.6) is 0 Å². The zero-order valence-corrected chi connectivity index (χ0v) is 12.4. The van der Waals surface area contributed by atoms with Gasteiger partial charge in [0, 0.05) is 12.8 Å². The third-order valence-electron chi connectivity index (χ3n) is 3.87. The Labute approximate surface area is 112 Å². The average molecular weight is 252 g/mol. The van der Waals surface area contributed by atoms with Crippen LogP contribution in [0.25, 0.3) is 0 Å². The number of carbonyl (C=O) groups excluding carboxylic acids is 2. The molecule has 0 aliphatic heterocycles. The molecule has 0 amide bonds. The van der Waals surface area contributed by atoms with E-state index in [1.807, 2.05) is 6.92 Å². The van der Waals surface area contributed by atoms with E-state index in [1.54, 1.807) is 0 Å². The molecular formula is C16H28O2. The minimum Gasteiger partial charge on any atom is -0.299 e. The lowest BCUT2D eigenvalue weighted by atomic mass is 9.73. The van der Waals surface area contributed by atoms with Crippen molar-refractivity contribution in [1.82, 2.24) is 0 Å². The second kappa shape index (κ2) is 6.49. The molecule has 1 aliphatic carbocycles. The highest BCUT2D eigenvalue weighted by Crippen LogP contribution is 2.34. The van der Waals surface area contributed by atoms with E-state index in [9.17, 15) is 9.59 Å². The number of Topliss-reactive ketones (excluding diaryl/α,β-unsaturated/α-hetero) is 2. The van der Waals surface area contributed by atoms with E-state index in [0.29, 0.717) is 18.8 Å². The van der Waals surface area contributed by atoms with Crippen LogP contribution in [0.15, 0.2) is 0 Å². The molecule has 1 aliphatic rings. The van der Waals surface area contributed by atoms with Crippen LogP contribution in [-0.2, 0) is 9.59 Å². The first-order valence-corrected chi connectivity index (χ1v) is 7.40. The van der Waals surface area contributed by atoms with Gasteiger partial charge in [-0.1, -0.05) is 47.0 Å². The van der Waals surface area contributed by atoms with Gasteiger partial charge in [0.15, 0.2) is 0 Å². The first-order valence-electron chi connectivity index (χ1n) is 7.40. The molecule has 1 fully saturated rings. The SMILES string of the molecule is CCC(=O)C(C(=O)CC(C)(C)C)C1CCCCC1. The number of carbonyl (C=O) groups is 2. The Morgan fingerprint density at radius 3 is 2.06 bits per heavy atom. The summed E-state index contributed by atoms with van der Waals surface area (Å²) in [4.78, 5) is 24.6. The van der Waals surface area contributed by atoms with Crippen LogP contribution in [0.4, 0.5) is 0 Å². The van der Waals surface area contributed by atoms with Crippen molar-refractivity contribution in [2.75, 3.05) is 0 Å². The molecule has 2 heteroatoms. The fourth-order valence-corrected chi connectivity index (χ4v) is 3.03. The summed E-state index contributed by atoms with van der Waals surface area (Å²) in [6.45, 7) is 8.08. The van der Waals surface area contributed by atoms with Gasteiger partial charge >= 0.3 is 0 Å². The number of hydrogen-bond acceptors (Lipinski definition) is 2. The molecule has 0 bridgehead atoms. The molecule has 0 N–H and O–H groups in total. The maximum atomic E-state index is 12.4. The third-order valence-corrected chi connectivity index (χ3v) is 3.87. The quantitative estimate of drug-likeness (QED) is 0.688. The Balaban J connectivity index is 2.77. The molecule has 2 nitrogen and oxygen atoms in total. The maximum Gasteiger partial charge on any atom is 0.144 e. The highest BCUT2D eigenvalue weighted by Gasteiger charge is 2.35. The van der Waals surface area contributed by atoms with Crippen molar-refractivity contribution in [1.29, 1.82) is 0 Å². The second-order valence-electron chi connectivity index (χ2n) is 6.90. The molecule has 0 spiro atoms. The van der Waals surface area contributed by atoms with E-state index in [-0.39, 0.29) is 22.9 Å². The Kier molecular flexibility index (Phi) is 5.55. The standard InChI is InChI=1S/C16H28O2/c1-5-13(17)15(12-9-7-6-8-10-12)14(18)11-16(2,3)4/h12,15H,5-11H2,1-4H3. The number of ketones is 2. The fraction of sp³-hybridized carbons (Fsp3) is 0.875. The Hall–Kier alpha value is -0.660. The number of rotatable bonds is 5. The van der Waals surface area contributed by atoms with Crippen molar-refractivity contribution in [2.45, 2.75) is 72.6 Å². The monoisotopic (exact) mass is 252 g/mol. The molecule has 1 atom stereocenters. The third kappa shape index (κ3) is 4.55. The highest BCUT2D eigenvalue weighted by molar-refractivity contribution is 6.02. The van der Waals surface area contributed by atoms with Crippen LogP contribution in [0, 0.1) is 17.3 Å². The minimum absolute atomic E-state index is 0.0159. The summed E-state index contributed by atoms with van der Waals surface area (Å²) in [6.07, 6.45) is 6.77. The molecule has 18 heavy (non-hydrogen) atoms. The van der Waals surface area contributed by atoms with E-state index in [2.05, 4.69) is 20.8 Å². The molecule has 1 rings (SSSR count). The summed E-state index contributed by atoms with van der Waals surface area (Å²) in [6, 6.07) is 0. The summed E-state index contributed by atoms with van der Waals surface area (Å²) < 4.78 is 0. The lowest BCUT2D eigenvalue weighted by Gasteiger charge is -2.30. The molecule has 0 aromatic rings. The molecule has 0 aromatic heterocycles. The van der Waals surface area contributed by atoms with Crippen LogP contribution in [0.2, 0.25) is 0 Å². The predicted molar refractivity (Wildman–Crippen MR) is 74.4 cm³/mol. The topological polar surface area (TPSA) is 34.1 Å². The summed E-state index contributed by atoms with van der Waals surface area (Å²) >= 11 is 0. The number of hydrogen-bond donors (Lipinski definition) is 0. The molecular weight excluding hydrogens is 224 g/mol. The summed E-state index contributed by atoms with van der Waals surface area (Å²) in [5.74, 6) is 0.355. The summed E-state index contributed by atoms with van der Waals surface area (Å²) in [7, 11) is 0. The molecule has 0 aromatic carbocycles. The zero-order valence-electron chi connectivity index (χ0n) is 12.4. The van der Waals surface area contributed by atoms with E-state index in [0.717, 1.165) is 12.8 Å². The summed E-state index contributed by atoms with van der Waals surface area (Å²) in [5, 5.41) is 0. The van der Waals surface area contributed by atoms with Gasteiger partial charge in [-0.15, -0.1) is 0 Å². The van der Waals surface area contributed by atoms with Crippen molar-refractivity contribution in [3.63, 3.8) is 0 Å². The van der Waals surface area contributed by atoms with E-state index >= 15 is 0 Å². The molecule has 0 radical (unpaired) electrons. The smallest absolute Gasteiger partial charge is 0.144 e. The van der Waals surface area contributed by atoms with Crippen LogP contribution in [0.3, 0.4) is 0 Å². The van der Waals surface area contributed by atoms with Gasteiger partial charge in [-0.3, -0.25) is 9.59 Å². The highest BCUT2D eigenvalue weighted by atomic mass is 16.1. The normalized spacial score (nSPS) is 19.6. The van der Waals surface area contributed by atoms with Gasteiger partial charge in [-0.2, -0.15) is 0 Å². The average Bonchev–Trinajstić information content (AvgIpc) is 2.28. The zero-order chi connectivity index (χ0) is 13.8. The van der Waals surface area contributed by atoms with E-state index in [4.69, 9.17) is 0 Å². The molecule has 1 unspecified atom stereocenters. The van der Waals surface area contributed by atoms with E-state index < -0.39 is 0 Å². The van der Waals surface area contributed by atoms with Crippen LogP contribution in [0.1, 0.15) is 72.6 Å². The lowest BCUT2D eigenvalue weighted by molar-refractivity contribution is -0.136. The van der Waals surface area contributed by atoms with Crippen molar-refractivity contribution >= 4 is 11.6 Å². The molecule has 0 heterocycles. The Morgan fingerprint density at radius 2 is 1.61 bits per heavy atom. The van der Waals surface area contributed by atoms with Crippen LogP contribution in [-0.4, -0.2) is 11.6 Å². The van der Waals surface area contributed by atoms with E-state index in [1.165, 1.54) is 19.3 Å². The molecule has 0 saturated heterocycles. The van der Waals surface area contributed by atoms with Crippen molar-refractivity contribution in [3.05, 3.63) is 0 Å². The van der Waals surface area contributed by atoms with Gasteiger partial charge in [0.25, 0.3) is 0 Å². The molecule has 104 valence electrons. The maximum absolute atomic E-state index is 12.4. The van der Waals surface area contributed by atoms with Crippen molar-refractivity contribution in [3.8, 4) is 0 Å². The largest absolute Gasteiger partial charge is 0.299 e. The Morgan fingerprint density at radius 1 is 1.06 bits per heavy atom. The molecule has 1 saturated carbocycles. The van der Waals surface area contributed by atoms with Gasteiger partial charge in [0.05, 0.1) is 5.92 Å². The van der Waals surface area contributed by atoms with Gasteiger partial charge in [0.1, 0.15) is 11.6 Å². The summed E-state index contributed by atoms with van der Waals surface area (Å²) in [5.41, 5.74) is -0.0159. The first kappa shape index (κ1) is 15.4. The fourth-order valence-electron chi connectivity index (χ4n) is 3.03. The minimum atomic E-state index is -0.311. The predicted octanol–water partition coefficient (Wildman–Crippen LogP) is 4.17. The first-order chi connectivity index (χ1) is 8.35. The van der Waals surface area contributed by atoms with Crippen LogP contribution < -0.4 is 0 Å². The Bertz CT molecular complexity index is 293. The van der Waals surface area contributed by atoms with Crippen molar-refractivity contribution in [2.24, 2.45) is 17.3 Å². The van der Waals surface area contributed by atoms with Gasteiger partial charge in [-0.05, 0) is 24.2 Å². The van der Waals surface area contributed by atoms with Gasteiger partial charge < -0.3 is 0 Å². The van der Waals surface area contributed by atoms with Crippen LogP contribution >= 0.6 is 0 Å². The lowest BCUT2D eigenvalue weighted by Crippen LogP contribution is -2.34.